The number of esters is 1. The number of aliphatic hydroxyl groups excluding tert-OH is 1. The highest BCUT2D eigenvalue weighted by Gasteiger charge is 2.55. The molecule has 7 N–H and O–H groups in total. The van der Waals surface area contributed by atoms with Crippen molar-refractivity contribution in [2.45, 2.75) is 106 Å². The van der Waals surface area contributed by atoms with E-state index in [9.17, 15) is 33.4 Å². The van der Waals surface area contributed by atoms with Gasteiger partial charge in [0.25, 0.3) is 13.0 Å². The van der Waals surface area contributed by atoms with Crippen LogP contribution in [0.1, 0.15) is 66.0 Å². The molecule has 5 aromatic heterocycles. The van der Waals surface area contributed by atoms with Crippen LogP contribution >= 0.6 is 34.3 Å². The lowest BCUT2D eigenvalue weighted by molar-refractivity contribution is -0.122. The number of halogens is 2. The lowest BCUT2D eigenvalue weighted by atomic mass is 9.95. The van der Waals surface area contributed by atoms with Crippen LogP contribution in [0.3, 0.4) is 0 Å². The minimum atomic E-state index is -4.81. The molecule has 0 spiro atoms. The van der Waals surface area contributed by atoms with Crippen LogP contribution < -0.4 is 36.7 Å². The molecule has 538 valence electrons. The number of hydrogen-bond donors (Lipinski definition) is 5. The number of nitrogens with zero attached hydrogens (tertiary/aromatic N) is 11. The van der Waals surface area contributed by atoms with Crippen molar-refractivity contribution in [1.29, 1.82) is 0 Å². The van der Waals surface area contributed by atoms with Crippen molar-refractivity contribution in [3.05, 3.63) is 143 Å². The van der Waals surface area contributed by atoms with Gasteiger partial charge in [-0.05, 0) is 88.8 Å². The van der Waals surface area contributed by atoms with Gasteiger partial charge in [-0.25, -0.2) is 42.8 Å². The van der Waals surface area contributed by atoms with Crippen LogP contribution in [0.25, 0.3) is 44.8 Å². The summed E-state index contributed by atoms with van der Waals surface area (Å²) in [5.41, 5.74) is 15.9. The second-order valence-corrected chi connectivity index (χ2v) is 30.0. The summed E-state index contributed by atoms with van der Waals surface area (Å²) in [6.07, 6.45) is -10.1. The van der Waals surface area contributed by atoms with E-state index >= 15 is 13.3 Å². The van der Waals surface area contributed by atoms with Crippen molar-refractivity contribution in [3.8, 4) is 34.0 Å². The Morgan fingerprint density at radius 1 is 0.806 bits per heavy atom. The summed E-state index contributed by atoms with van der Waals surface area (Å²) < 4.78 is 135. The fourth-order valence-electron chi connectivity index (χ4n) is 12.0. The minimum absolute atomic E-state index is 0.0142. The number of benzene rings is 4. The number of carbonyl (C=O) groups is 3. The zero-order chi connectivity index (χ0) is 71.9. The zero-order valence-electron chi connectivity index (χ0n) is 54.4. The predicted molar refractivity (Wildman–Crippen MR) is 367 cm³/mol. The number of aromatic nitrogens is 11. The summed E-state index contributed by atoms with van der Waals surface area (Å²) >= 11 is 0.614. The van der Waals surface area contributed by atoms with Gasteiger partial charge in [-0.15, -0.1) is 9.62 Å². The average Bonchev–Trinajstić information content (AvgIpc) is 1.66. The first kappa shape index (κ1) is 72.6. The highest BCUT2D eigenvalue weighted by atomic mass is 32.7. The Morgan fingerprint density at radius 2 is 1.50 bits per heavy atom. The number of carbonyl (C=O) groups excluding carboxylic acids is 3. The number of aliphatic hydroxyl groups is 1. The van der Waals surface area contributed by atoms with Gasteiger partial charge in [0, 0.05) is 42.9 Å². The van der Waals surface area contributed by atoms with Gasteiger partial charge in [0.2, 0.25) is 25.3 Å². The van der Waals surface area contributed by atoms with Crippen molar-refractivity contribution in [3.63, 3.8) is 0 Å². The van der Waals surface area contributed by atoms with Gasteiger partial charge in [-0.1, -0.05) is 59.8 Å². The molecule has 0 bridgehead atoms. The maximum Gasteiger partial charge on any atom is 0.494 e. The zero-order valence-corrected chi connectivity index (χ0v) is 58.0. The van der Waals surface area contributed by atoms with Crippen LogP contribution in [0.2, 0.25) is 0 Å². The smallest absolute Gasteiger partial charge is 0.492 e. The van der Waals surface area contributed by atoms with E-state index in [1.54, 1.807) is 33.8 Å². The monoisotopic (exact) mass is 1490 g/mol. The molecule has 9 aromatic rings. The molecule has 2 amide bonds. The molecule has 0 saturated carbocycles. The maximum atomic E-state index is 17.1. The molecule has 9 heterocycles. The van der Waals surface area contributed by atoms with E-state index in [0.29, 0.717) is 72.2 Å². The molecule has 3 fully saturated rings. The van der Waals surface area contributed by atoms with E-state index in [4.69, 9.17) is 60.8 Å². The van der Waals surface area contributed by atoms with Crippen molar-refractivity contribution in [1.82, 2.24) is 59.3 Å². The number of fused-ring (bicyclic) bond motifs is 9. The van der Waals surface area contributed by atoms with Crippen LogP contribution in [0.4, 0.5) is 26.2 Å². The van der Waals surface area contributed by atoms with E-state index in [1.165, 1.54) is 35.2 Å². The summed E-state index contributed by atoms with van der Waals surface area (Å²) in [5, 5.41) is 21.8. The highest BCUT2D eigenvalue weighted by Crippen LogP contribution is 2.65. The normalized spacial score (nSPS) is 23.6. The van der Waals surface area contributed by atoms with E-state index in [1.807, 2.05) is 48.5 Å². The molecule has 4 aromatic carbocycles. The number of aromatic amines is 1. The molecular formula is C63H66BF2N15O18P3S+. The lowest BCUT2D eigenvalue weighted by Gasteiger charge is -2.30. The lowest BCUT2D eigenvalue weighted by Crippen LogP contribution is -2.37. The number of rotatable bonds is 25. The van der Waals surface area contributed by atoms with Gasteiger partial charge < -0.3 is 59.5 Å². The summed E-state index contributed by atoms with van der Waals surface area (Å²) in [6, 6.07) is 27.7. The number of nitrogen functional groups attached to an aromatic ring is 2. The predicted octanol–water partition coefficient (Wildman–Crippen LogP) is 7.20. The topological polar surface area (TPSA) is 420 Å². The number of nitrogens with one attached hydrogen (secondary N) is 2. The van der Waals surface area contributed by atoms with E-state index in [2.05, 4.69) is 50.1 Å². The standard InChI is InChI=1S/C63H65BF2N15O18P3S/c64-101(88)93-29-44-55(49(66)60(96-44)79-33-72-51-56(67)70-32-71-57(51)79)99-102(89,94-30-45-54(98-101)48(65)61(97-45)80-34-73-52-58(80)74-63(68)75-59(52)85)103-31-35-14-18-40(19-15-35)95-62(86)36-16-20-39(21-17-36)91-25-23-81-53-42-10-3-4-11-43(42)78(26-37-8-1-2-9-41(37)50(53)76-77-81)47(84)13-6-5-12-46(83)69-22-7-24-90-27-38(82)28-92-100-87/h1-4,8-11,14-21,32-34,38,44-45,48-49,54-55,60-61,82,100H,5-7,12-13,22-31H2,(H5-,67,68,69,70,71,74,75,83,85)/p+1/t38?,44-,45-,48-,49-,54-,55-,60-,61-,101?,102+/m1/s1. The molecule has 3 unspecified atom stereocenters. The molecule has 12 atom stereocenters. The number of hydrogen-bond acceptors (Lipinski definition) is 28. The van der Waals surface area contributed by atoms with Crippen molar-refractivity contribution in [2.24, 2.45) is 0 Å². The van der Waals surface area contributed by atoms with Crippen LogP contribution in [0.5, 0.6) is 11.5 Å². The molecule has 0 aliphatic carbocycles. The molecule has 103 heavy (non-hydrogen) atoms. The quantitative estimate of drug-likeness (QED) is 0.0124. The van der Waals surface area contributed by atoms with Crippen LogP contribution in [0, 0.1) is 0 Å². The first-order valence-corrected chi connectivity index (χ1v) is 37.9. The molecule has 4 aliphatic heterocycles. The second-order valence-electron chi connectivity index (χ2n) is 24.0. The number of ether oxygens (including phenoxy) is 5. The number of anilines is 3. The van der Waals surface area contributed by atoms with Crippen molar-refractivity contribution < 1.29 is 88.3 Å². The third kappa shape index (κ3) is 16.6. The number of alkyl halides is 2. The van der Waals surface area contributed by atoms with E-state index < -0.39 is 103 Å². The third-order valence-corrected chi connectivity index (χ3v) is 22.0. The molecule has 4 aliphatic rings. The Hall–Kier alpha value is -8.80. The van der Waals surface area contributed by atoms with Gasteiger partial charge in [0.05, 0.1) is 62.5 Å². The van der Waals surface area contributed by atoms with Crippen molar-refractivity contribution in [2.75, 3.05) is 62.6 Å². The van der Waals surface area contributed by atoms with Gasteiger partial charge in [-0.2, -0.15) is 4.98 Å². The van der Waals surface area contributed by atoms with Gasteiger partial charge >= 0.3 is 21.5 Å². The number of para-hydroxylation sites is 1. The largest absolute Gasteiger partial charge is 0.494 e. The maximum absolute atomic E-state index is 17.1. The van der Waals surface area contributed by atoms with Crippen LogP contribution in [-0.4, -0.2) is 174 Å². The fraction of sp³-hybridized carbons (Fsp3) is 0.381. The first-order valence-electron chi connectivity index (χ1n) is 32.3. The van der Waals surface area contributed by atoms with Crippen LogP contribution in [-0.2, 0) is 79.0 Å². The number of H-pyrrole nitrogens is 1. The summed E-state index contributed by atoms with van der Waals surface area (Å²) in [6.45, 7) is -5.07. The average molecular weight is 1500 g/mol. The SMILES string of the molecule is [B]P1(=O)OC[C@H]2O[C@@H](n3cnc4c(N)ncnc43)[C@H](F)[C@@H]2O[P@@](=O)(SCc2ccc(OC(=O)c3ccc(OCCn4nnc5c4-c4ccccc4N(C(=O)CCCCC(=O)NCCCOCC(O)CO[PH+]=O)Cc4ccccc4-5)cc3)cc2)OC[C@H]2O[C@@H](n3cnc4c(=O)[nH]c(N)nc43)[C@H](F)[C@@H]2O1. The van der Waals surface area contributed by atoms with Gasteiger partial charge in [-0.3, -0.25) is 42.1 Å². The molecule has 40 heteroatoms. The Labute approximate surface area is 590 Å². The minimum Gasteiger partial charge on any atom is -0.492 e. The van der Waals surface area contributed by atoms with Crippen molar-refractivity contribution >= 4 is 99.5 Å². The fourth-order valence-corrected chi connectivity index (χ4v) is 16.7. The Kier molecular flexibility index (Phi) is 22.6. The van der Waals surface area contributed by atoms with E-state index in [-0.39, 0.29) is 109 Å². The number of amides is 2. The molecule has 3 saturated heterocycles. The summed E-state index contributed by atoms with van der Waals surface area (Å²) in [4.78, 5) is 77.5. The third-order valence-electron chi connectivity index (χ3n) is 17.0. The Balaban J connectivity index is 0.637. The Morgan fingerprint density at radius 3 is 2.26 bits per heavy atom. The summed E-state index contributed by atoms with van der Waals surface area (Å²) in [5.74, 6) is -0.876. The summed E-state index contributed by atoms with van der Waals surface area (Å²) in [7, 11) is 0.287. The van der Waals surface area contributed by atoms with Gasteiger partial charge in [0.1, 0.15) is 72.8 Å². The molecule has 13 rings (SSSR count). The Bertz CT molecular complexity index is 4740. The molecular weight excluding hydrogens is 1430 g/mol. The highest BCUT2D eigenvalue weighted by molar-refractivity contribution is 8.54. The van der Waals surface area contributed by atoms with Gasteiger partial charge in [0.15, 0.2) is 47.4 Å². The molecule has 2 radical (unpaired) electrons. The molecule has 33 nitrogen and oxygen atoms in total. The number of unbranched alkanes of at least 4 members (excludes halogenated alkanes) is 1. The first-order chi connectivity index (χ1) is 49.8. The second kappa shape index (κ2) is 32.1. The number of imidazole rings is 2. The van der Waals surface area contributed by atoms with Crippen LogP contribution in [0.15, 0.2) is 121 Å². The van der Waals surface area contributed by atoms with E-state index in [0.717, 1.165) is 33.9 Å². The number of nitrogens with two attached hydrogens (primary N) is 2.